The molecule has 2 fully saturated rings. The maximum Gasteiger partial charge on any atom is 0.0753 e. The predicted molar refractivity (Wildman–Crippen MR) is 84.9 cm³/mol. The summed E-state index contributed by atoms with van der Waals surface area (Å²) in [6, 6.07) is 0. The first kappa shape index (κ1) is 16.3. The van der Waals surface area contributed by atoms with Crippen LogP contribution in [-0.4, -0.2) is 42.3 Å². The molecule has 0 aromatic carbocycles. The molecule has 2 aliphatic rings. The molecule has 0 spiro atoms. The van der Waals surface area contributed by atoms with E-state index in [0.717, 1.165) is 32.2 Å². The van der Waals surface area contributed by atoms with Crippen molar-refractivity contribution in [1.29, 1.82) is 0 Å². The van der Waals surface area contributed by atoms with Crippen LogP contribution in [0.4, 0.5) is 0 Å². The van der Waals surface area contributed by atoms with Gasteiger partial charge in [0.1, 0.15) is 0 Å². The molecule has 118 valence electrons. The van der Waals surface area contributed by atoms with Crippen LogP contribution in [0, 0.1) is 5.92 Å². The quantitative estimate of drug-likeness (QED) is 0.805. The zero-order valence-electron chi connectivity index (χ0n) is 13.8. The molecule has 20 heavy (non-hydrogen) atoms. The highest BCUT2D eigenvalue weighted by molar-refractivity contribution is 4.97. The molecule has 2 N–H and O–H groups in total. The lowest BCUT2D eigenvalue weighted by Crippen LogP contribution is -2.61. The maximum atomic E-state index is 6.26. The van der Waals surface area contributed by atoms with Gasteiger partial charge in [-0.1, -0.05) is 32.6 Å². The first-order valence-electron chi connectivity index (χ1n) is 8.60. The molecular weight excluding hydrogens is 248 g/mol. The molecule has 0 amide bonds. The van der Waals surface area contributed by atoms with Gasteiger partial charge in [0.25, 0.3) is 0 Å². The highest BCUT2D eigenvalue weighted by atomic mass is 16.5. The number of nitrogens with zero attached hydrogens (tertiary/aromatic N) is 1. The maximum absolute atomic E-state index is 6.26. The van der Waals surface area contributed by atoms with Crippen LogP contribution < -0.4 is 5.73 Å². The highest BCUT2D eigenvalue weighted by Gasteiger charge is 2.41. The normalized spacial score (nSPS) is 35.7. The fraction of sp³-hybridized carbons (Fsp3) is 1.00. The molecule has 1 aliphatic heterocycles. The van der Waals surface area contributed by atoms with E-state index < -0.39 is 0 Å². The van der Waals surface area contributed by atoms with Gasteiger partial charge in [-0.3, -0.25) is 4.90 Å². The Morgan fingerprint density at radius 1 is 1.25 bits per heavy atom. The van der Waals surface area contributed by atoms with E-state index in [2.05, 4.69) is 25.7 Å². The molecule has 0 aromatic heterocycles. The molecule has 0 bridgehead atoms. The third-order valence-electron chi connectivity index (χ3n) is 5.45. The summed E-state index contributed by atoms with van der Waals surface area (Å²) in [5.41, 5.74) is 6.49. The third kappa shape index (κ3) is 3.75. The number of ether oxygens (including phenoxy) is 1. The number of morpholine rings is 1. The van der Waals surface area contributed by atoms with E-state index in [0.29, 0.717) is 0 Å². The van der Waals surface area contributed by atoms with Gasteiger partial charge in [-0.05, 0) is 39.0 Å². The minimum Gasteiger partial charge on any atom is -0.373 e. The van der Waals surface area contributed by atoms with E-state index in [1.165, 1.54) is 44.9 Å². The Morgan fingerprint density at radius 3 is 2.70 bits per heavy atom. The Balaban J connectivity index is 2.05. The summed E-state index contributed by atoms with van der Waals surface area (Å²) in [5.74, 6) is 0.933. The van der Waals surface area contributed by atoms with Crippen LogP contribution in [0.25, 0.3) is 0 Å². The molecule has 1 saturated carbocycles. The van der Waals surface area contributed by atoms with Crippen molar-refractivity contribution < 1.29 is 4.74 Å². The van der Waals surface area contributed by atoms with Crippen LogP contribution in [0.2, 0.25) is 0 Å². The SMILES string of the molecule is CCCC1CCCC(CN)(N2CCOC(C)(C)C2)CC1. The molecule has 1 aliphatic carbocycles. The van der Waals surface area contributed by atoms with E-state index in [4.69, 9.17) is 10.5 Å². The minimum atomic E-state index is -0.0183. The smallest absolute Gasteiger partial charge is 0.0753 e. The summed E-state index contributed by atoms with van der Waals surface area (Å²) in [5, 5.41) is 0. The molecule has 2 atom stereocenters. The number of hydrogen-bond acceptors (Lipinski definition) is 3. The van der Waals surface area contributed by atoms with Crippen molar-refractivity contribution >= 4 is 0 Å². The molecule has 0 radical (unpaired) electrons. The average Bonchev–Trinajstić information content (AvgIpc) is 2.61. The predicted octanol–water partition coefficient (Wildman–Crippen LogP) is 3.18. The molecule has 1 heterocycles. The topological polar surface area (TPSA) is 38.5 Å². The first-order chi connectivity index (χ1) is 9.51. The van der Waals surface area contributed by atoms with Gasteiger partial charge in [0.05, 0.1) is 12.2 Å². The summed E-state index contributed by atoms with van der Waals surface area (Å²) in [6.07, 6.45) is 9.40. The highest BCUT2D eigenvalue weighted by Crippen LogP contribution is 2.37. The molecule has 1 saturated heterocycles. The number of nitrogens with two attached hydrogens (primary N) is 1. The van der Waals surface area contributed by atoms with Crippen LogP contribution in [0.1, 0.15) is 65.7 Å². The van der Waals surface area contributed by atoms with Crippen molar-refractivity contribution in [3.63, 3.8) is 0 Å². The van der Waals surface area contributed by atoms with E-state index in [-0.39, 0.29) is 11.1 Å². The van der Waals surface area contributed by atoms with Gasteiger partial charge in [-0.2, -0.15) is 0 Å². The van der Waals surface area contributed by atoms with Crippen LogP contribution in [0.5, 0.6) is 0 Å². The fourth-order valence-electron chi connectivity index (χ4n) is 4.23. The Bertz CT molecular complexity index is 305. The second-order valence-corrected chi connectivity index (χ2v) is 7.54. The van der Waals surface area contributed by atoms with Gasteiger partial charge < -0.3 is 10.5 Å². The van der Waals surface area contributed by atoms with Gasteiger partial charge in [-0.25, -0.2) is 0 Å². The van der Waals surface area contributed by atoms with E-state index in [1.54, 1.807) is 0 Å². The molecular formula is C17H34N2O. The van der Waals surface area contributed by atoms with Gasteiger partial charge in [0, 0.05) is 25.2 Å². The second-order valence-electron chi connectivity index (χ2n) is 7.54. The Labute approximate surface area is 125 Å². The van der Waals surface area contributed by atoms with Gasteiger partial charge in [-0.15, -0.1) is 0 Å². The monoisotopic (exact) mass is 282 g/mol. The van der Waals surface area contributed by atoms with Crippen LogP contribution in [0.15, 0.2) is 0 Å². The van der Waals surface area contributed by atoms with Gasteiger partial charge in [0.15, 0.2) is 0 Å². The second kappa shape index (κ2) is 6.76. The standard InChI is InChI=1S/C17H34N2O/c1-4-6-15-7-5-9-17(13-18,10-8-15)19-11-12-20-16(2,3)14-19/h15H,4-14,18H2,1-3H3. The lowest BCUT2D eigenvalue weighted by molar-refractivity contribution is -0.118. The van der Waals surface area contributed by atoms with E-state index in [9.17, 15) is 0 Å². The fourth-order valence-corrected chi connectivity index (χ4v) is 4.23. The van der Waals surface area contributed by atoms with Crippen molar-refractivity contribution in [2.75, 3.05) is 26.2 Å². The molecule has 2 unspecified atom stereocenters. The van der Waals surface area contributed by atoms with Gasteiger partial charge >= 0.3 is 0 Å². The minimum absolute atomic E-state index is 0.0183. The summed E-state index contributed by atoms with van der Waals surface area (Å²) in [7, 11) is 0. The van der Waals surface area contributed by atoms with E-state index in [1.807, 2.05) is 0 Å². The van der Waals surface area contributed by atoms with Crippen molar-refractivity contribution in [2.24, 2.45) is 11.7 Å². The summed E-state index contributed by atoms with van der Waals surface area (Å²) < 4.78 is 5.88. The third-order valence-corrected chi connectivity index (χ3v) is 5.45. The van der Waals surface area contributed by atoms with Crippen LogP contribution in [-0.2, 0) is 4.74 Å². The summed E-state index contributed by atoms with van der Waals surface area (Å²) >= 11 is 0. The molecule has 3 nitrogen and oxygen atoms in total. The molecule has 2 rings (SSSR count). The summed E-state index contributed by atoms with van der Waals surface area (Å²) in [6.45, 7) is 10.5. The van der Waals surface area contributed by atoms with E-state index >= 15 is 0 Å². The Kier molecular flexibility index (Phi) is 5.49. The zero-order chi connectivity index (χ0) is 14.6. The van der Waals surface area contributed by atoms with Crippen molar-refractivity contribution in [2.45, 2.75) is 76.9 Å². The Morgan fingerprint density at radius 2 is 2.05 bits per heavy atom. The molecule has 3 heteroatoms. The zero-order valence-corrected chi connectivity index (χ0v) is 13.8. The first-order valence-corrected chi connectivity index (χ1v) is 8.60. The van der Waals surface area contributed by atoms with Crippen molar-refractivity contribution in [3.05, 3.63) is 0 Å². The summed E-state index contributed by atoms with van der Waals surface area (Å²) in [4.78, 5) is 2.66. The van der Waals surface area contributed by atoms with Crippen LogP contribution >= 0.6 is 0 Å². The lowest BCUT2D eigenvalue weighted by Gasteiger charge is -2.49. The van der Waals surface area contributed by atoms with Crippen molar-refractivity contribution in [3.8, 4) is 0 Å². The lowest BCUT2D eigenvalue weighted by atomic mass is 9.85. The Hall–Kier alpha value is -0.120. The van der Waals surface area contributed by atoms with Crippen molar-refractivity contribution in [1.82, 2.24) is 4.90 Å². The van der Waals surface area contributed by atoms with Gasteiger partial charge in [0.2, 0.25) is 0 Å². The van der Waals surface area contributed by atoms with Crippen LogP contribution in [0.3, 0.4) is 0 Å². The average molecular weight is 282 g/mol. The number of rotatable bonds is 4. The largest absolute Gasteiger partial charge is 0.373 e. The molecule has 0 aromatic rings. The number of hydrogen-bond donors (Lipinski definition) is 1.